The number of hydrogen-bond acceptors (Lipinski definition) is 3. The maximum Gasteiger partial charge on any atom is 0.293 e. The highest BCUT2D eigenvalue weighted by molar-refractivity contribution is 5.90. The first-order chi connectivity index (χ1) is 8.36. The number of aromatic amines is 1. The maximum atomic E-state index is 12.1. The van der Waals surface area contributed by atoms with Crippen molar-refractivity contribution in [2.24, 2.45) is 0 Å². The van der Waals surface area contributed by atoms with Crippen molar-refractivity contribution < 1.29 is 4.79 Å². The molecule has 0 bridgehead atoms. The van der Waals surface area contributed by atoms with Gasteiger partial charge in [-0.25, -0.2) is 4.98 Å². The molecule has 0 radical (unpaired) electrons. The molecule has 0 atom stereocenters. The lowest BCUT2D eigenvalue weighted by Gasteiger charge is -2.15. The molecule has 5 heteroatoms. The Balaban J connectivity index is 2.64. The maximum absolute atomic E-state index is 12.1. The number of hydrogen-bond donors (Lipinski definition) is 1. The highest BCUT2D eigenvalue weighted by Crippen LogP contribution is 2.17. The third kappa shape index (κ3) is 3.82. The van der Waals surface area contributed by atoms with E-state index in [4.69, 9.17) is 0 Å². The molecule has 0 saturated heterocycles. The van der Waals surface area contributed by atoms with E-state index < -0.39 is 0 Å². The van der Waals surface area contributed by atoms with Crippen LogP contribution in [-0.2, 0) is 5.41 Å². The summed E-state index contributed by atoms with van der Waals surface area (Å²) in [5, 5.41) is 6.84. The number of H-pyrrole nitrogens is 1. The van der Waals surface area contributed by atoms with Gasteiger partial charge in [-0.1, -0.05) is 40.5 Å². The van der Waals surface area contributed by atoms with Gasteiger partial charge in [0.1, 0.15) is 5.82 Å². The number of nitrogens with one attached hydrogen (secondary N) is 1. The second-order valence-corrected chi connectivity index (χ2v) is 5.69. The molecule has 0 aliphatic rings. The molecule has 0 aliphatic heterocycles. The Hall–Kier alpha value is -1.39. The summed E-state index contributed by atoms with van der Waals surface area (Å²) in [7, 11) is 1.80. The second-order valence-electron chi connectivity index (χ2n) is 5.69. The standard InChI is InChI=1S/C13H24N4O/c1-6-7-8-9-17(5)11(18)10-14-12(16-15-10)13(2,3)4/h6-9H2,1-5H3,(H,14,15,16). The summed E-state index contributed by atoms with van der Waals surface area (Å²) in [5.41, 5.74) is -0.119. The molecular formula is C13H24N4O. The Kier molecular flexibility index (Phi) is 4.87. The first-order valence-electron chi connectivity index (χ1n) is 6.54. The van der Waals surface area contributed by atoms with Crippen LogP contribution in [-0.4, -0.2) is 39.6 Å². The van der Waals surface area contributed by atoms with Gasteiger partial charge in [-0.2, -0.15) is 0 Å². The summed E-state index contributed by atoms with van der Waals surface area (Å²) in [4.78, 5) is 18.0. The number of rotatable bonds is 5. The van der Waals surface area contributed by atoms with Crippen molar-refractivity contribution in [3.05, 3.63) is 11.6 Å². The predicted octanol–water partition coefficient (Wildman–Crippen LogP) is 2.36. The Morgan fingerprint density at radius 2 is 2.00 bits per heavy atom. The fourth-order valence-electron chi connectivity index (χ4n) is 1.56. The number of carbonyl (C=O) groups is 1. The first-order valence-corrected chi connectivity index (χ1v) is 6.54. The zero-order chi connectivity index (χ0) is 13.8. The topological polar surface area (TPSA) is 61.9 Å². The lowest BCUT2D eigenvalue weighted by atomic mass is 9.96. The summed E-state index contributed by atoms with van der Waals surface area (Å²) in [6, 6.07) is 0. The molecule has 18 heavy (non-hydrogen) atoms. The highest BCUT2D eigenvalue weighted by atomic mass is 16.2. The number of unbranched alkanes of at least 4 members (excludes halogenated alkanes) is 2. The second kappa shape index (κ2) is 5.98. The van der Waals surface area contributed by atoms with Crippen LogP contribution < -0.4 is 0 Å². The zero-order valence-electron chi connectivity index (χ0n) is 12.1. The molecule has 0 aliphatic carbocycles. The van der Waals surface area contributed by atoms with E-state index in [2.05, 4.69) is 22.1 Å². The lowest BCUT2D eigenvalue weighted by Crippen LogP contribution is -2.28. The molecule has 1 N–H and O–H groups in total. The number of carbonyl (C=O) groups excluding carboxylic acids is 1. The number of aromatic nitrogens is 3. The number of amides is 1. The average molecular weight is 252 g/mol. The van der Waals surface area contributed by atoms with E-state index in [1.165, 1.54) is 0 Å². The third-order valence-corrected chi connectivity index (χ3v) is 2.83. The number of nitrogens with zero attached hydrogens (tertiary/aromatic N) is 3. The molecule has 0 spiro atoms. The van der Waals surface area contributed by atoms with Crippen molar-refractivity contribution in [2.45, 2.75) is 52.4 Å². The van der Waals surface area contributed by atoms with Crippen molar-refractivity contribution in [2.75, 3.05) is 13.6 Å². The van der Waals surface area contributed by atoms with Crippen LogP contribution in [0.25, 0.3) is 0 Å². The summed E-state index contributed by atoms with van der Waals surface area (Å²) in [5.74, 6) is 0.893. The molecule has 0 aromatic carbocycles. The first kappa shape index (κ1) is 14.7. The van der Waals surface area contributed by atoms with Crippen molar-refractivity contribution in [1.29, 1.82) is 0 Å². The summed E-state index contributed by atoms with van der Waals surface area (Å²) < 4.78 is 0. The van der Waals surface area contributed by atoms with Crippen molar-refractivity contribution in [1.82, 2.24) is 20.1 Å². The molecule has 1 heterocycles. The molecule has 102 valence electrons. The van der Waals surface area contributed by atoms with Gasteiger partial charge in [-0.3, -0.25) is 9.89 Å². The quantitative estimate of drug-likeness (QED) is 0.818. The molecular weight excluding hydrogens is 228 g/mol. The van der Waals surface area contributed by atoms with Gasteiger partial charge in [-0.05, 0) is 6.42 Å². The Morgan fingerprint density at radius 3 is 2.50 bits per heavy atom. The van der Waals surface area contributed by atoms with Crippen molar-refractivity contribution >= 4 is 5.91 Å². The van der Waals surface area contributed by atoms with Crippen LogP contribution in [0.5, 0.6) is 0 Å². The van der Waals surface area contributed by atoms with Gasteiger partial charge in [0.15, 0.2) is 0 Å². The minimum atomic E-state index is -0.119. The average Bonchev–Trinajstić information content (AvgIpc) is 2.77. The van der Waals surface area contributed by atoms with E-state index in [0.29, 0.717) is 0 Å². The van der Waals surface area contributed by atoms with Gasteiger partial charge in [0, 0.05) is 19.0 Å². The van der Waals surface area contributed by atoms with E-state index in [-0.39, 0.29) is 17.1 Å². The molecule has 0 unspecified atom stereocenters. The van der Waals surface area contributed by atoms with Crippen molar-refractivity contribution in [3.63, 3.8) is 0 Å². The third-order valence-electron chi connectivity index (χ3n) is 2.83. The van der Waals surface area contributed by atoms with Crippen LogP contribution in [0.3, 0.4) is 0 Å². The summed E-state index contributed by atoms with van der Waals surface area (Å²) in [6.07, 6.45) is 3.31. The van der Waals surface area contributed by atoms with Gasteiger partial charge >= 0.3 is 0 Å². The normalized spacial score (nSPS) is 11.6. The van der Waals surface area contributed by atoms with Gasteiger partial charge in [-0.15, -0.1) is 5.10 Å². The minimum absolute atomic E-state index is 0.113. The van der Waals surface area contributed by atoms with E-state index in [1.807, 2.05) is 20.8 Å². The van der Waals surface area contributed by atoms with Crippen molar-refractivity contribution in [3.8, 4) is 0 Å². The monoisotopic (exact) mass is 252 g/mol. The van der Waals surface area contributed by atoms with E-state index >= 15 is 0 Å². The van der Waals surface area contributed by atoms with E-state index in [1.54, 1.807) is 11.9 Å². The van der Waals surface area contributed by atoms with E-state index in [0.717, 1.165) is 31.6 Å². The smallest absolute Gasteiger partial charge is 0.293 e. The summed E-state index contributed by atoms with van der Waals surface area (Å²) in [6.45, 7) is 9.00. The van der Waals surface area contributed by atoms with Gasteiger partial charge < -0.3 is 4.90 Å². The predicted molar refractivity (Wildman–Crippen MR) is 71.6 cm³/mol. The largest absolute Gasteiger partial charge is 0.339 e. The van der Waals surface area contributed by atoms with Gasteiger partial charge in [0.25, 0.3) is 5.91 Å². The Labute approximate surface area is 109 Å². The fourth-order valence-corrected chi connectivity index (χ4v) is 1.56. The molecule has 0 fully saturated rings. The molecule has 1 amide bonds. The SMILES string of the molecule is CCCCCN(C)C(=O)c1n[nH]c(C(C)(C)C)n1. The van der Waals surface area contributed by atoms with Crippen LogP contribution in [0, 0.1) is 0 Å². The van der Waals surface area contributed by atoms with Gasteiger partial charge in [0.2, 0.25) is 5.82 Å². The van der Waals surface area contributed by atoms with Crippen LogP contribution in [0.1, 0.15) is 63.4 Å². The Morgan fingerprint density at radius 1 is 1.33 bits per heavy atom. The molecule has 5 nitrogen and oxygen atoms in total. The van der Waals surface area contributed by atoms with Crippen LogP contribution in [0.15, 0.2) is 0 Å². The summed E-state index contributed by atoms with van der Waals surface area (Å²) >= 11 is 0. The van der Waals surface area contributed by atoms with E-state index in [9.17, 15) is 4.79 Å². The fraction of sp³-hybridized carbons (Fsp3) is 0.769. The highest BCUT2D eigenvalue weighted by Gasteiger charge is 2.22. The Bertz CT molecular complexity index is 392. The van der Waals surface area contributed by atoms with Gasteiger partial charge in [0.05, 0.1) is 0 Å². The zero-order valence-corrected chi connectivity index (χ0v) is 12.1. The van der Waals surface area contributed by atoms with Crippen LogP contribution in [0.2, 0.25) is 0 Å². The molecule has 1 rings (SSSR count). The van der Waals surface area contributed by atoms with Crippen LogP contribution in [0.4, 0.5) is 0 Å². The minimum Gasteiger partial charge on any atom is -0.339 e. The van der Waals surface area contributed by atoms with Crippen LogP contribution >= 0.6 is 0 Å². The molecule has 1 aromatic rings. The molecule has 1 aromatic heterocycles. The lowest BCUT2D eigenvalue weighted by molar-refractivity contribution is 0.0781. The molecule has 0 saturated carbocycles.